The summed E-state index contributed by atoms with van der Waals surface area (Å²) in [5.74, 6) is -1.59. The molecular weight excluding hydrogens is 377 g/mol. The molecule has 0 spiro atoms. The van der Waals surface area contributed by atoms with Crippen molar-refractivity contribution in [3.8, 4) is 0 Å². The third kappa shape index (κ3) is 6.44. The molecule has 29 heavy (non-hydrogen) atoms. The molecule has 0 fully saturated rings. The number of likely N-dealkylation sites (N-methyl/N-ethyl adjacent to an activating group) is 1. The molecule has 0 saturated carbocycles. The molecule has 1 aromatic carbocycles. The summed E-state index contributed by atoms with van der Waals surface area (Å²) >= 11 is 0. The number of halogens is 1. The zero-order valence-electron chi connectivity index (χ0n) is 16.8. The SMILES string of the molecule is CCN(CC(=O)NCc1ccc(F)cc1)C(=O)C(NC(=O)c1ccco1)C(C)C. The van der Waals surface area contributed by atoms with Crippen molar-refractivity contribution < 1.29 is 23.2 Å². The fraction of sp³-hybridized carbons (Fsp3) is 0.381. The smallest absolute Gasteiger partial charge is 0.287 e. The van der Waals surface area contributed by atoms with Gasteiger partial charge in [0.25, 0.3) is 5.91 Å². The van der Waals surface area contributed by atoms with Crippen molar-refractivity contribution >= 4 is 17.7 Å². The molecule has 0 radical (unpaired) electrons. The molecule has 0 aliphatic heterocycles. The van der Waals surface area contributed by atoms with Crippen LogP contribution in [0.25, 0.3) is 0 Å². The molecule has 0 aliphatic rings. The number of amides is 3. The van der Waals surface area contributed by atoms with E-state index in [0.717, 1.165) is 5.56 Å². The highest BCUT2D eigenvalue weighted by Gasteiger charge is 2.29. The van der Waals surface area contributed by atoms with Gasteiger partial charge in [-0.2, -0.15) is 0 Å². The summed E-state index contributed by atoms with van der Waals surface area (Å²) in [6.45, 7) is 5.78. The van der Waals surface area contributed by atoms with Crippen LogP contribution in [0.5, 0.6) is 0 Å². The Kier molecular flexibility index (Phi) is 7.94. The summed E-state index contributed by atoms with van der Waals surface area (Å²) in [7, 11) is 0. The number of carbonyl (C=O) groups excluding carboxylic acids is 3. The Morgan fingerprint density at radius 2 is 1.83 bits per heavy atom. The Morgan fingerprint density at radius 3 is 2.38 bits per heavy atom. The first kappa shape index (κ1) is 22.1. The van der Waals surface area contributed by atoms with Crippen molar-refractivity contribution in [1.29, 1.82) is 0 Å². The minimum Gasteiger partial charge on any atom is -0.459 e. The molecule has 1 atom stereocenters. The first-order chi connectivity index (χ1) is 13.8. The van der Waals surface area contributed by atoms with Crippen molar-refractivity contribution in [2.24, 2.45) is 5.92 Å². The molecule has 1 heterocycles. The van der Waals surface area contributed by atoms with Gasteiger partial charge in [-0.3, -0.25) is 14.4 Å². The van der Waals surface area contributed by atoms with E-state index in [1.807, 2.05) is 13.8 Å². The van der Waals surface area contributed by atoms with E-state index >= 15 is 0 Å². The number of carbonyl (C=O) groups is 3. The highest BCUT2D eigenvalue weighted by atomic mass is 19.1. The second-order valence-electron chi connectivity index (χ2n) is 6.93. The van der Waals surface area contributed by atoms with Crippen LogP contribution in [0.2, 0.25) is 0 Å². The van der Waals surface area contributed by atoms with E-state index in [2.05, 4.69) is 10.6 Å². The minimum atomic E-state index is -0.794. The fourth-order valence-electron chi connectivity index (χ4n) is 2.71. The lowest BCUT2D eigenvalue weighted by Gasteiger charge is -2.28. The summed E-state index contributed by atoms with van der Waals surface area (Å²) in [6, 6.07) is 8.10. The highest BCUT2D eigenvalue weighted by Crippen LogP contribution is 2.09. The Hall–Kier alpha value is -3.16. The van der Waals surface area contributed by atoms with Crippen LogP contribution < -0.4 is 10.6 Å². The molecule has 2 N–H and O–H groups in total. The Bertz CT molecular complexity index is 819. The van der Waals surface area contributed by atoms with Gasteiger partial charge < -0.3 is 20.0 Å². The molecule has 0 bridgehead atoms. The Balaban J connectivity index is 1.95. The van der Waals surface area contributed by atoms with Gasteiger partial charge in [-0.05, 0) is 42.7 Å². The van der Waals surface area contributed by atoms with E-state index < -0.39 is 11.9 Å². The third-order valence-electron chi connectivity index (χ3n) is 4.40. The third-order valence-corrected chi connectivity index (χ3v) is 4.40. The summed E-state index contributed by atoms with van der Waals surface area (Å²) in [6.07, 6.45) is 1.38. The number of hydrogen-bond donors (Lipinski definition) is 2. The van der Waals surface area contributed by atoms with Crippen molar-refractivity contribution in [2.75, 3.05) is 13.1 Å². The number of nitrogens with zero attached hydrogens (tertiary/aromatic N) is 1. The van der Waals surface area contributed by atoms with E-state index in [-0.39, 0.29) is 42.4 Å². The summed E-state index contributed by atoms with van der Waals surface area (Å²) in [4.78, 5) is 38.8. The van der Waals surface area contributed by atoms with Gasteiger partial charge in [-0.15, -0.1) is 0 Å². The van der Waals surface area contributed by atoms with Crippen molar-refractivity contribution in [3.63, 3.8) is 0 Å². The van der Waals surface area contributed by atoms with Gasteiger partial charge in [-0.25, -0.2) is 4.39 Å². The van der Waals surface area contributed by atoms with Gasteiger partial charge in [0.2, 0.25) is 11.8 Å². The Morgan fingerprint density at radius 1 is 1.14 bits per heavy atom. The van der Waals surface area contributed by atoms with Gasteiger partial charge >= 0.3 is 0 Å². The molecular formula is C21H26FN3O4. The molecule has 0 aliphatic carbocycles. The van der Waals surface area contributed by atoms with Crippen molar-refractivity contribution in [1.82, 2.24) is 15.5 Å². The topological polar surface area (TPSA) is 91.7 Å². The maximum Gasteiger partial charge on any atom is 0.287 e. The lowest BCUT2D eigenvalue weighted by Crippen LogP contribution is -2.53. The standard InChI is InChI=1S/C21H26FN3O4/c1-4-25(13-18(26)23-12-15-7-9-16(22)10-8-15)21(28)19(14(2)3)24-20(27)17-6-5-11-29-17/h5-11,14,19H,4,12-13H2,1-3H3,(H,23,26)(H,24,27). The van der Waals surface area contributed by atoms with E-state index in [1.54, 1.807) is 25.1 Å². The zero-order chi connectivity index (χ0) is 21.4. The molecule has 8 heteroatoms. The van der Waals surface area contributed by atoms with Crippen LogP contribution in [0.4, 0.5) is 4.39 Å². The van der Waals surface area contributed by atoms with Crippen LogP contribution in [0.3, 0.4) is 0 Å². The second-order valence-corrected chi connectivity index (χ2v) is 6.93. The molecule has 1 unspecified atom stereocenters. The maximum atomic E-state index is 12.9. The normalized spacial score (nSPS) is 11.8. The van der Waals surface area contributed by atoms with Crippen LogP contribution in [0.1, 0.15) is 36.9 Å². The zero-order valence-corrected chi connectivity index (χ0v) is 16.8. The number of furan rings is 1. The molecule has 156 valence electrons. The second kappa shape index (κ2) is 10.4. The highest BCUT2D eigenvalue weighted by molar-refractivity contribution is 5.96. The quantitative estimate of drug-likeness (QED) is 0.672. The molecule has 0 saturated heterocycles. The largest absolute Gasteiger partial charge is 0.459 e. The minimum absolute atomic E-state index is 0.114. The van der Waals surface area contributed by atoms with E-state index in [1.165, 1.54) is 29.4 Å². The summed E-state index contributed by atoms with van der Waals surface area (Å²) in [5, 5.41) is 5.39. The number of benzene rings is 1. The first-order valence-corrected chi connectivity index (χ1v) is 9.46. The number of rotatable bonds is 9. The summed E-state index contributed by atoms with van der Waals surface area (Å²) in [5.41, 5.74) is 0.750. The lowest BCUT2D eigenvalue weighted by atomic mass is 10.0. The predicted octanol–water partition coefficient (Wildman–Crippen LogP) is 2.34. The van der Waals surface area contributed by atoms with Gasteiger partial charge in [0.05, 0.1) is 12.8 Å². The summed E-state index contributed by atoms with van der Waals surface area (Å²) < 4.78 is 18.0. The van der Waals surface area contributed by atoms with E-state index in [4.69, 9.17) is 4.42 Å². The molecule has 3 amide bonds. The van der Waals surface area contributed by atoms with Crippen LogP contribution in [0.15, 0.2) is 47.1 Å². The van der Waals surface area contributed by atoms with Crippen molar-refractivity contribution in [3.05, 3.63) is 59.8 Å². The van der Waals surface area contributed by atoms with Crippen LogP contribution in [-0.2, 0) is 16.1 Å². The van der Waals surface area contributed by atoms with Crippen molar-refractivity contribution in [2.45, 2.75) is 33.4 Å². The average molecular weight is 403 g/mol. The molecule has 2 aromatic rings. The van der Waals surface area contributed by atoms with Crippen LogP contribution in [0, 0.1) is 11.7 Å². The number of nitrogens with one attached hydrogen (secondary N) is 2. The van der Waals surface area contributed by atoms with Crippen LogP contribution >= 0.6 is 0 Å². The van der Waals surface area contributed by atoms with Gasteiger partial charge in [0.15, 0.2) is 5.76 Å². The van der Waals surface area contributed by atoms with Gasteiger partial charge in [-0.1, -0.05) is 26.0 Å². The molecule has 7 nitrogen and oxygen atoms in total. The number of hydrogen-bond acceptors (Lipinski definition) is 4. The maximum absolute atomic E-state index is 12.9. The van der Waals surface area contributed by atoms with Gasteiger partial charge in [0.1, 0.15) is 11.9 Å². The van der Waals surface area contributed by atoms with E-state index in [9.17, 15) is 18.8 Å². The van der Waals surface area contributed by atoms with E-state index in [0.29, 0.717) is 6.54 Å². The van der Waals surface area contributed by atoms with Crippen LogP contribution in [-0.4, -0.2) is 41.8 Å². The molecule has 2 rings (SSSR count). The van der Waals surface area contributed by atoms with Gasteiger partial charge in [0, 0.05) is 13.1 Å². The Labute approximate surface area is 169 Å². The fourth-order valence-corrected chi connectivity index (χ4v) is 2.71. The average Bonchev–Trinajstić information content (AvgIpc) is 3.24. The lowest BCUT2D eigenvalue weighted by molar-refractivity contribution is -0.138. The molecule has 1 aromatic heterocycles. The first-order valence-electron chi connectivity index (χ1n) is 9.46. The predicted molar refractivity (Wildman–Crippen MR) is 105 cm³/mol. The monoisotopic (exact) mass is 403 g/mol.